The van der Waals surface area contributed by atoms with Gasteiger partial charge >= 0.3 is 0 Å². The molecule has 0 radical (unpaired) electrons. The second kappa shape index (κ2) is 5.51. The van der Waals surface area contributed by atoms with E-state index in [1.807, 2.05) is 16.9 Å². The molecule has 2 aromatic rings. The Labute approximate surface area is 108 Å². The number of nitrogens with zero attached hydrogens (tertiary/aromatic N) is 2. The van der Waals surface area contributed by atoms with Crippen LogP contribution in [0.15, 0.2) is 42.7 Å². The lowest BCUT2D eigenvalue weighted by Gasteiger charge is -2.14. The zero-order valence-electron chi connectivity index (χ0n) is 8.68. The Hall–Kier alpha value is -0.800. The lowest BCUT2D eigenvalue weighted by molar-refractivity contribution is 0.550. The summed E-state index contributed by atoms with van der Waals surface area (Å²) >= 11 is 9.38. The molecular weight excluding hydrogens is 288 g/mol. The predicted molar refractivity (Wildman–Crippen MR) is 70.2 cm³/mol. The third-order valence-corrected chi connectivity index (χ3v) is 3.44. The predicted octanol–water partition coefficient (Wildman–Crippen LogP) is 3.72. The fraction of sp³-hybridized carbons (Fsp3) is 0.250. The van der Waals surface area contributed by atoms with Crippen molar-refractivity contribution in [3.8, 4) is 0 Å². The van der Waals surface area contributed by atoms with Gasteiger partial charge in [0, 0.05) is 24.0 Å². The molecule has 84 valence electrons. The first kappa shape index (κ1) is 11.7. The van der Waals surface area contributed by atoms with Crippen LogP contribution in [0, 0.1) is 0 Å². The average Bonchev–Trinajstić information content (AvgIpc) is 2.73. The first-order valence-electron chi connectivity index (χ1n) is 5.08. The van der Waals surface area contributed by atoms with E-state index in [0.29, 0.717) is 10.9 Å². The van der Waals surface area contributed by atoms with Crippen LogP contribution in [0.5, 0.6) is 0 Å². The fourth-order valence-corrected chi connectivity index (χ4v) is 2.37. The number of halogens is 2. The fourth-order valence-electron chi connectivity index (χ4n) is 1.63. The minimum Gasteiger partial charge on any atom is -0.271 e. The highest BCUT2D eigenvalue weighted by Gasteiger charge is 2.10. The Morgan fingerprint density at radius 3 is 2.62 bits per heavy atom. The zero-order chi connectivity index (χ0) is 11.4. The summed E-state index contributed by atoms with van der Waals surface area (Å²) in [6.45, 7) is 0.835. The van der Waals surface area contributed by atoms with Gasteiger partial charge in [0.15, 0.2) is 0 Å². The van der Waals surface area contributed by atoms with Crippen molar-refractivity contribution in [2.45, 2.75) is 12.5 Å². The van der Waals surface area contributed by atoms with Gasteiger partial charge in [0.2, 0.25) is 0 Å². The van der Waals surface area contributed by atoms with Gasteiger partial charge in [0.05, 0.1) is 11.2 Å². The van der Waals surface area contributed by atoms with Crippen LogP contribution in [0.1, 0.15) is 11.5 Å². The first-order valence-corrected chi connectivity index (χ1v) is 6.58. The monoisotopic (exact) mass is 298 g/mol. The number of alkyl halides is 1. The van der Waals surface area contributed by atoms with E-state index in [1.165, 1.54) is 5.56 Å². The molecule has 1 aromatic carbocycles. The molecule has 0 saturated heterocycles. The summed E-state index contributed by atoms with van der Waals surface area (Å²) in [5.41, 5.74) is 1.31. The molecule has 4 heteroatoms. The molecule has 2 rings (SSSR count). The Bertz CT molecular complexity index is 441. The maximum atomic E-state index is 5.84. The number of benzene rings is 1. The molecule has 0 aliphatic rings. The lowest BCUT2D eigenvalue weighted by atomic mass is 10.0. The number of rotatable bonds is 4. The van der Waals surface area contributed by atoms with E-state index in [0.717, 1.165) is 11.9 Å². The number of hydrogen-bond acceptors (Lipinski definition) is 1. The highest BCUT2D eigenvalue weighted by Crippen LogP contribution is 2.20. The van der Waals surface area contributed by atoms with Crippen molar-refractivity contribution in [1.82, 2.24) is 9.78 Å². The topological polar surface area (TPSA) is 17.8 Å². The quantitative estimate of drug-likeness (QED) is 0.787. The molecule has 0 bridgehead atoms. The largest absolute Gasteiger partial charge is 0.271 e. The molecule has 1 unspecified atom stereocenters. The maximum absolute atomic E-state index is 5.84. The Balaban J connectivity index is 2.12. The molecule has 16 heavy (non-hydrogen) atoms. The van der Waals surface area contributed by atoms with Gasteiger partial charge in [-0.25, -0.2) is 0 Å². The Morgan fingerprint density at radius 2 is 2.06 bits per heavy atom. The summed E-state index contributed by atoms with van der Waals surface area (Å²) < 4.78 is 1.88. The number of aromatic nitrogens is 2. The van der Waals surface area contributed by atoms with Crippen LogP contribution in [0.4, 0.5) is 0 Å². The van der Waals surface area contributed by atoms with Crippen LogP contribution in [0.2, 0.25) is 5.02 Å². The smallest absolute Gasteiger partial charge is 0.0785 e. The van der Waals surface area contributed by atoms with Gasteiger partial charge in [-0.15, -0.1) is 0 Å². The van der Waals surface area contributed by atoms with Crippen LogP contribution in [0.3, 0.4) is 0 Å². The summed E-state index contributed by atoms with van der Waals surface area (Å²) in [6, 6.07) is 10.4. The van der Waals surface area contributed by atoms with Gasteiger partial charge in [-0.05, 0) is 5.56 Å². The van der Waals surface area contributed by atoms with E-state index >= 15 is 0 Å². The van der Waals surface area contributed by atoms with Gasteiger partial charge in [-0.1, -0.05) is 57.9 Å². The van der Waals surface area contributed by atoms with Gasteiger partial charge in [-0.3, -0.25) is 4.68 Å². The molecule has 1 heterocycles. The van der Waals surface area contributed by atoms with Crippen LogP contribution in [0.25, 0.3) is 0 Å². The molecule has 0 aliphatic heterocycles. The molecule has 0 fully saturated rings. The van der Waals surface area contributed by atoms with Gasteiger partial charge < -0.3 is 0 Å². The first-order chi connectivity index (χ1) is 7.79. The maximum Gasteiger partial charge on any atom is 0.0785 e. The van der Waals surface area contributed by atoms with Crippen molar-refractivity contribution in [3.63, 3.8) is 0 Å². The summed E-state index contributed by atoms with van der Waals surface area (Å²) in [7, 11) is 0. The highest BCUT2D eigenvalue weighted by atomic mass is 79.9. The Morgan fingerprint density at radius 1 is 1.31 bits per heavy atom. The van der Waals surface area contributed by atoms with Crippen LogP contribution in [-0.4, -0.2) is 15.1 Å². The SMILES string of the molecule is Clc1cnn(CC(CBr)c2ccccc2)c1. The Kier molecular flexibility index (Phi) is 4.02. The summed E-state index contributed by atoms with van der Waals surface area (Å²) in [6.07, 6.45) is 3.51. The minimum atomic E-state index is 0.414. The van der Waals surface area contributed by atoms with Crippen molar-refractivity contribution < 1.29 is 0 Å². The van der Waals surface area contributed by atoms with Crippen LogP contribution in [-0.2, 0) is 6.54 Å². The summed E-state index contributed by atoms with van der Waals surface area (Å²) in [5, 5.41) is 5.79. The lowest BCUT2D eigenvalue weighted by Crippen LogP contribution is -2.10. The van der Waals surface area contributed by atoms with E-state index in [4.69, 9.17) is 11.6 Å². The zero-order valence-corrected chi connectivity index (χ0v) is 11.0. The molecule has 0 spiro atoms. The summed E-state index contributed by atoms with van der Waals surface area (Å²) in [4.78, 5) is 0. The van der Waals surface area contributed by atoms with Crippen molar-refractivity contribution in [2.75, 3.05) is 5.33 Å². The molecule has 1 atom stereocenters. The number of hydrogen-bond donors (Lipinski definition) is 0. The third kappa shape index (κ3) is 2.86. The molecule has 0 amide bonds. The van der Waals surface area contributed by atoms with Crippen molar-refractivity contribution in [2.24, 2.45) is 0 Å². The molecule has 1 aromatic heterocycles. The van der Waals surface area contributed by atoms with Crippen molar-refractivity contribution >= 4 is 27.5 Å². The van der Waals surface area contributed by atoms with E-state index in [9.17, 15) is 0 Å². The average molecular weight is 300 g/mol. The van der Waals surface area contributed by atoms with E-state index in [2.05, 4.69) is 45.3 Å². The van der Waals surface area contributed by atoms with Gasteiger partial charge in [0.1, 0.15) is 0 Å². The van der Waals surface area contributed by atoms with E-state index in [-0.39, 0.29) is 0 Å². The second-order valence-corrected chi connectivity index (χ2v) is 4.73. The third-order valence-electron chi connectivity index (χ3n) is 2.47. The molecule has 2 nitrogen and oxygen atoms in total. The molecule has 0 aliphatic carbocycles. The molecule has 0 N–H and O–H groups in total. The molecule has 0 saturated carbocycles. The normalized spacial score (nSPS) is 12.6. The van der Waals surface area contributed by atoms with E-state index < -0.39 is 0 Å². The minimum absolute atomic E-state index is 0.414. The van der Waals surface area contributed by atoms with E-state index in [1.54, 1.807) is 6.20 Å². The van der Waals surface area contributed by atoms with Crippen LogP contribution >= 0.6 is 27.5 Å². The summed E-state index contributed by atoms with van der Waals surface area (Å²) in [5.74, 6) is 0.414. The van der Waals surface area contributed by atoms with Crippen LogP contribution < -0.4 is 0 Å². The van der Waals surface area contributed by atoms with Gasteiger partial charge in [-0.2, -0.15) is 5.10 Å². The van der Waals surface area contributed by atoms with Crippen molar-refractivity contribution in [1.29, 1.82) is 0 Å². The standard InChI is InChI=1S/C12H12BrClN2/c13-6-11(10-4-2-1-3-5-10)8-16-9-12(14)7-15-16/h1-5,7,9,11H,6,8H2. The highest BCUT2D eigenvalue weighted by molar-refractivity contribution is 9.09. The second-order valence-electron chi connectivity index (χ2n) is 3.64. The van der Waals surface area contributed by atoms with Crippen molar-refractivity contribution in [3.05, 3.63) is 53.3 Å². The molecular formula is C12H12BrClN2. The van der Waals surface area contributed by atoms with Gasteiger partial charge in [0.25, 0.3) is 0 Å².